The molecule has 0 saturated carbocycles. The van der Waals surface area contributed by atoms with E-state index in [1.807, 2.05) is 6.08 Å². The third kappa shape index (κ3) is 38.6. The number of esters is 1. The van der Waals surface area contributed by atoms with Crippen molar-refractivity contribution in [2.24, 2.45) is 5.73 Å². The number of amides is 1. The minimum atomic E-state index is -1.02. The molecule has 1 amide bonds. The predicted molar refractivity (Wildman–Crippen MR) is 238 cm³/mol. The van der Waals surface area contributed by atoms with E-state index in [9.17, 15) is 19.5 Å². The highest BCUT2D eigenvalue weighted by Crippen LogP contribution is 2.15. The van der Waals surface area contributed by atoms with Crippen molar-refractivity contribution in [1.82, 2.24) is 5.32 Å². The second kappa shape index (κ2) is 42.4. The fraction of sp³-hybridized carbons (Fsp3) is 0.612. The number of allylic oxidation sites excluding steroid dienone is 15. The first-order valence-corrected chi connectivity index (χ1v) is 22.1. The number of hydrogen-bond donors (Lipinski definition) is 3. The standard InChI is InChI=1S/C49H80N2O5/c1-3-5-7-9-11-13-14-15-16-17-18-19-20-21-22-23-24-25-26-27-29-31-37-43-48(53)56-45(39-34-30-28-12-10-8-6-4-2)40-35-32-33-36-42-47(52)51-46(49(54)55)41-38-44-50/h5-8,11-13,15-16,18-19,21-22,28,34,39,45-46H,3-4,9-10,14,17,20,23-27,29-33,35-38,40-44,50H2,1-2H3,(H,51,52)(H,54,55)/b7-5-,8-6-,13-11-,16-15-,19-18-,22-21-,28-12-,39-34-. The molecule has 0 aliphatic carbocycles. The van der Waals surface area contributed by atoms with Gasteiger partial charge in [-0.05, 0) is 115 Å². The number of unbranched alkanes of at least 4 members (excludes halogenated alkanes) is 10. The van der Waals surface area contributed by atoms with Crippen LogP contribution < -0.4 is 11.1 Å². The normalized spacial score (nSPS) is 13.6. The number of ether oxygens (including phenoxy) is 1. The van der Waals surface area contributed by atoms with Crippen molar-refractivity contribution < 1.29 is 24.2 Å². The summed E-state index contributed by atoms with van der Waals surface area (Å²) in [4.78, 5) is 36.3. The number of nitrogens with two attached hydrogens (primary N) is 1. The maximum absolute atomic E-state index is 12.7. The summed E-state index contributed by atoms with van der Waals surface area (Å²) in [7, 11) is 0. The van der Waals surface area contributed by atoms with E-state index in [0.29, 0.717) is 38.6 Å². The summed E-state index contributed by atoms with van der Waals surface area (Å²) in [5, 5.41) is 11.9. The van der Waals surface area contributed by atoms with E-state index in [1.54, 1.807) is 0 Å². The summed E-state index contributed by atoms with van der Waals surface area (Å²) in [6, 6.07) is -0.882. The van der Waals surface area contributed by atoms with E-state index in [2.05, 4.69) is 110 Å². The summed E-state index contributed by atoms with van der Waals surface area (Å²) < 4.78 is 5.90. The van der Waals surface area contributed by atoms with Crippen molar-refractivity contribution in [2.45, 2.75) is 187 Å². The van der Waals surface area contributed by atoms with Crippen molar-refractivity contribution in [3.63, 3.8) is 0 Å². The number of hydrogen-bond acceptors (Lipinski definition) is 5. The topological polar surface area (TPSA) is 119 Å². The van der Waals surface area contributed by atoms with E-state index in [4.69, 9.17) is 10.5 Å². The summed E-state index contributed by atoms with van der Waals surface area (Å²) in [6.07, 6.45) is 57.6. The van der Waals surface area contributed by atoms with Gasteiger partial charge in [0.2, 0.25) is 5.91 Å². The van der Waals surface area contributed by atoms with Crippen LogP contribution in [0.1, 0.15) is 174 Å². The number of carbonyl (C=O) groups is 3. The van der Waals surface area contributed by atoms with Crippen LogP contribution in [-0.2, 0) is 19.1 Å². The monoisotopic (exact) mass is 777 g/mol. The average Bonchev–Trinajstić information content (AvgIpc) is 3.18. The number of carbonyl (C=O) groups excluding carboxylic acids is 2. The van der Waals surface area contributed by atoms with Crippen LogP contribution in [-0.4, -0.2) is 41.6 Å². The Morgan fingerprint density at radius 3 is 1.50 bits per heavy atom. The Morgan fingerprint density at radius 1 is 0.536 bits per heavy atom. The molecular formula is C49H80N2O5. The largest absolute Gasteiger partial charge is 0.480 e. The number of carboxylic acids is 1. The van der Waals surface area contributed by atoms with Crippen molar-refractivity contribution in [3.05, 3.63) is 97.2 Å². The third-order valence-electron chi connectivity index (χ3n) is 9.13. The van der Waals surface area contributed by atoms with E-state index in [1.165, 1.54) is 25.7 Å². The molecule has 0 rings (SSSR count). The van der Waals surface area contributed by atoms with E-state index < -0.39 is 12.0 Å². The van der Waals surface area contributed by atoms with Gasteiger partial charge in [0.05, 0.1) is 0 Å². The molecule has 2 atom stereocenters. The second-order valence-corrected chi connectivity index (χ2v) is 14.3. The van der Waals surface area contributed by atoms with Crippen LogP contribution in [0.5, 0.6) is 0 Å². The molecule has 56 heavy (non-hydrogen) atoms. The molecular weight excluding hydrogens is 697 g/mol. The van der Waals surface area contributed by atoms with Gasteiger partial charge < -0.3 is 20.9 Å². The Bertz CT molecular complexity index is 1190. The lowest BCUT2D eigenvalue weighted by Gasteiger charge is -2.15. The first kappa shape index (κ1) is 52.3. The lowest BCUT2D eigenvalue weighted by Crippen LogP contribution is -2.40. The van der Waals surface area contributed by atoms with Crippen LogP contribution in [0, 0.1) is 0 Å². The van der Waals surface area contributed by atoms with E-state index >= 15 is 0 Å². The molecule has 0 heterocycles. The van der Waals surface area contributed by atoms with Gasteiger partial charge in [0.25, 0.3) is 0 Å². The highest BCUT2D eigenvalue weighted by atomic mass is 16.5. The molecule has 2 unspecified atom stereocenters. The number of aliphatic carboxylic acids is 1. The second-order valence-electron chi connectivity index (χ2n) is 14.3. The molecule has 0 aromatic rings. The highest BCUT2D eigenvalue weighted by molar-refractivity contribution is 5.83. The lowest BCUT2D eigenvalue weighted by atomic mass is 10.1. The van der Waals surface area contributed by atoms with Crippen LogP contribution >= 0.6 is 0 Å². The zero-order valence-corrected chi connectivity index (χ0v) is 35.4. The van der Waals surface area contributed by atoms with Gasteiger partial charge in [-0.15, -0.1) is 0 Å². The minimum absolute atomic E-state index is 0.128. The zero-order valence-electron chi connectivity index (χ0n) is 35.4. The first-order chi connectivity index (χ1) is 27.4. The fourth-order valence-electron chi connectivity index (χ4n) is 5.88. The Kier molecular flexibility index (Phi) is 39.6. The quantitative estimate of drug-likeness (QED) is 0.0326. The van der Waals surface area contributed by atoms with E-state index in [0.717, 1.165) is 103 Å². The molecule has 0 bridgehead atoms. The maximum Gasteiger partial charge on any atom is 0.326 e. The van der Waals surface area contributed by atoms with Crippen LogP contribution in [0.15, 0.2) is 97.2 Å². The Balaban J connectivity index is 4.25. The molecule has 0 spiro atoms. The Morgan fingerprint density at radius 2 is 0.982 bits per heavy atom. The van der Waals surface area contributed by atoms with Gasteiger partial charge >= 0.3 is 11.9 Å². The summed E-state index contributed by atoms with van der Waals surface area (Å²) in [5.41, 5.74) is 5.48. The molecule has 0 aromatic heterocycles. The SMILES string of the molecule is CC/C=C\C/C=C\C/C=C\C/C=C\C/C=C\CCCCCCCCCC(=O)OC(/C=C\C/C=C\C/C=C\CC)CCCCCCC(=O)NC(CCCN)C(=O)O. The average molecular weight is 777 g/mol. The lowest BCUT2D eigenvalue weighted by molar-refractivity contribution is -0.147. The molecule has 0 aliphatic rings. The van der Waals surface area contributed by atoms with Gasteiger partial charge in [-0.25, -0.2) is 4.79 Å². The molecule has 0 fully saturated rings. The zero-order chi connectivity index (χ0) is 41.0. The maximum atomic E-state index is 12.7. The Labute approximate surface area is 342 Å². The number of rotatable bonds is 38. The summed E-state index contributed by atoms with van der Waals surface area (Å²) in [6.45, 7) is 4.68. The molecule has 0 saturated heterocycles. The number of carboxylic acid groups (broad SMARTS) is 1. The summed E-state index contributed by atoms with van der Waals surface area (Å²) in [5.74, 6) is -1.39. The van der Waals surface area contributed by atoms with Gasteiger partial charge in [-0.3, -0.25) is 9.59 Å². The van der Waals surface area contributed by atoms with Crippen molar-refractivity contribution >= 4 is 17.8 Å². The third-order valence-corrected chi connectivity index (χ3v) is 9.13. The molecule has 0 aliphatic heterocycles. The molecule has 7 heteroatoms. The van der Waals surface area contributed by atoms with Gasteiger partial charge in [-0.1, -0.05) is 150 Å². The smallest absolute Gasteiger partial charge is 0.326 e. The summed E-state index contributed by atoms with van der Waals surface area (Å²) >= 11 is 0. The van der Waals surface area contributed by atoms with Crippen molar-refractivity contribution in [2.75, 3.05) is 6.54 Å². The van der Waals surface area contributed by atoms with Crippen molar-refractivity contribution in [3.8, 4) is 0 Å². The number of nitrogens with one attached hydrogen (secondary N) is 1. The van der Waals surface area contributed by atoms with Gasteiger partial charge in [0.15, 0.2) is 0 Å². The van der Waals surface area contributed by atoms with Crippen LogP contribution in [0.3, 0.4) is 0 Å². The Hall–Kier alpha value is -3.71. The van der Waals surface area contributed by atoms with Crippen LogP contribution in [0.25, 0.3) is 0 Å². The minimum Gasteiger partial charge on any atom is -0.480 e. The highest BCUT2D eigenvalue weighted by Gasteiger charge is 2.19. The predicted octanol–water partition coefficient (Wildman–Crippen LogP) is 12.7. The molecule has 0 radical (unpaired) electrons. The molecule has 0 aromatic carbocycles. The molecule has 316 valence electrons. The molecule has 4 N–H and O–H groups in total. The van der Waals surface area contributed by atoms with E-state index in [-0.39, 0.29) is 18.0 Å². The molecule has 7 nitrogen and oxygen atoms in total. The fourth-order valence-corrected chi connectivity index (χ4v) is 5.88. The van der Waals surface area contributed by atoms with Crippen molar-refractivity contribution in [1.29, 1.82) is 0 Å². The van der Waals surface area contributed by atoms with Crippen LogP contribution in [0.4, 0.5) is 0 Å². The van der Waals surface area contributed by atoms with Gasteiger partial charge in [0, 0.05) is 12.8 Å². The van der Waals surface area contributed by atoms with Crippen LogP contribution in [0.2, 0.25) is 0 Å². The van der Waals surface area contributed by atoms with Gasteiger partial charge in [-0.2, -0.15) is 0 Å². The van der Waals surface area contributed by atoms with Gasteiger partial charge in [0.1, 0.15) is 12.1 Å². The first-order valence-electron chi connectivity index (χ1n) is 22.1.